The summed E-state index contributed by atoms with van der Waals surface area (Å²) in [5.41, 5.74) is 2.90. The Morgan fingerprint density at radius 1 is 1.28 bits per heavy atom. The van der Waals surface area contributed by atoms with Gasteiger partial charge in [0.25, 0.3) is 0 Å². The standard InChI is InChI=1S/C13H12ClIN2O/c1-8-11(15)12(14)17-13(16-8)10-6-4-3-5-9(10)7-18-2/h3-6H,7H2,1-2H3. The van der Waals surface area contributed by atoms with E-state index in [9.17, 15) is 0 Å². The monoisotopic (exact) mass is 374 g/mol. The van der Waals surface area contributed by atoms with Crippen molar-refractivity contribution in [3.8, 4) is 11.4 Å². The summed E-state index contributed by atoms with van der Waals surface area (Å²) in [5.74, 6) is 0.644. The highest BCUT2D eigenvalue weighted by Gasteiger charge is 2.11. The van der Waals surface area contributed by atoms with Crippen molar-refractivity contribution < 1.29 is 4.74 Å². The summed E-state index contributed by atoms with van der Waals surface area (Å²) in [4.78, 5) is 8.83. The van der Waals surface area contributed by atoms with Crippen LogP contribution in [0, 0.1) is 10.5 Å². The van der Waals surface area contributed by atoms with Crippen LogP contribution in [-0.2, 0) is 11.3 Å². The van der Waals surface area contributed by atoms with Crippen LogP contribution in [0.2, 0.25) is 5.15 Å². The van der Waals surface area contributed by atoms with Crippen LogP contribution in [0.4, 0.5) is 0 Å². The fraction of sp³-hybridized carbons (Fsp3) is 0.231. The highest BCUT2D eigenvalue weighted by molar-refractivity contribution is 14.1. The molecule has 3 nitrogen and oxygen atoms in total. The lowest BCUT2D eigenvalue weighted by molar-refractivity contribution is 0.185. The second kappa shape index (κ2) is 5.95. The minimum atomic E-state index is 0.491. The van der Waals surface area contributed by atoms with Crippen LogP contribution >= 0.6 is 34.2 Å². The van der Waals surface area contributed by atoms with E-state index in [1.54, 1.807) is 7.11 Å². The molecular weight excluding hydrogens is 363 g/mol. The maximum absolute atomic E-state index is 6.11. The van der Waals surface area contributed by atoms with Crippen molar-refractivity contribution in [3.05, 3.63) is 44.2 Å². The second-order valence-electron chi connectivity index (χ2n) is 3.83. The number of hydrogen-bond acceptors (Lipinski definition) is 3. The van der Waals surface area contributed by atoms with Gasteiger partial charge in [0.05, 0.1) is 15.9 Å². The molecule has 0 atom stereocenters. The van der Waals surface area contributed by atoms with Gasteiger partial charge < -0.3 is 4.74 Å². The zero-order valence-corrected chi connectivity index (χ0v) is 13.0. The van der Waals surface area contributed by atoms with E-state index in [4.69, 9.17) is 16.3 Å². The summed E-state index contributed by atoms with van der Waals surface area (Å²) < 4.78 is 6.08. The third-order valence-corrected chi connectivity index (χ3v) is 4.42. The lowest BCUT2D eigenvalue weighted by Gasteiger charge is -2.09. The minimum absolute atomic E-state index is 0.491. The summed E-state index contributed by atoms with van der Waals surface area (Å²) in [7, 11) is 1.67. The van der Waals surface area contributed by atoms with Gasteiger partial charge in [-0.1, -0.05) is 35.9 Å². The lowest BCUT2D eigenvalue weighted by Crippen LogP contribution is -1.99. The molecule has 0 aliphatic heterocycles. The summed E-state index contributed by atoms with van der Waals surface area (Å²) in [5, 5.41) is 0.491. The highest BCUT2D eigenvalue weighted by Crippen LogP contribution is 2.25. The van der Waals surface area contributed by atoms with Gasteiger partial charge in [-0.3, -0.25) is 0 Å². The molecule has 1 aromatic carbocycles. The van der Waals surface area contributed by atoms with Crippen LogP contribution in [0.5, 0.6) is 0 Å². The van der Waals surface area contributed by atoms with E-state index in [1.807, 2.05) is 31.2 Å². The van der Waals surface area contributed by atoms with E-state index in [0.29, 0.717) is 17.6 Å². The van der Waals surface area contributed by atoms with Crippen molar-refractivity contribution in [2.24, 2.45) is 0 Å². The fourth-order valence-corrected chi connectivity index (χ4v) is 2.12. The number of benzene rings is 1. The molecule has 0 aliphatic carbocycles. The number of methoxy groups -OCH3 is 1. The number of ether oxygens (including phenoxy) is 1. The molecule has 5 heteroatoms. The van der Waals surface area contributed by atoms with Gasteiger partial charge in [-0.15, -0.1) is 0 Å². The van der Waals surface area contributed by atoms with Gasteiger partial charge in [-0.05, 0) is 35.1 Å². The number of halogens is 2. The summed E-state index contributed by atoms with van der Waals surface area (Å²) in [6, 6.07) is 7.91. The second-order valence-corrected chi connectivity index (χ2v) is 5.26. The Hall–Kier alpha value is -0.720. The Bertz CT molecular complexity index is 552. The molecule has 0 spiro atoms. The molecule has 0 amide bonds. The first kappa shape index (κ1) is 13.7. The van der Waals surface area contributed by atoms with E-state index in [2.05, 4.69) is 32.6 Å². The van der Waals surface area contributed by atoms with Crippen LogP contribution < -0.4 is 0 Å². The zero-order chi connectivity index (χ0) is 13.1. The zero-order valence-electron chi connectivity index (χ0n) is 10.1. The predicted octanol–water partition coefficient (Wildman–Crippen LogP) is 3.86. The third kappa shape index (κ3) is 2.81. The quantitative estimate of drug-likeness (QED) is 0.604. The predicted molar refractivity (Wildman–Crippen MR) is 80.6 cm³/mol. The maximum atomic E-state index is 6.11. The average molecular weight is 375 g/mol. The van der Waals surface area contributed by atoms with E-state index >= 15 is 0 Å². The van der Waals surface area contributed by atoms with E-state index in [0.717, 1.165) is 20.4 Å². The molecule has 0 saturated heterocycles. The van der Waals surface area contributed by atoms with E-state index in [1.165, 1.54) is 0 Å². The molecule has 0 aliphatic rings. The molecule has 18 heavy (non-hydrogen) atoms. The molecule has 94 valence electrons. The summed E-state index contributed by atoms with van der Waals surface area (Å²) in [6.07, 6.45) is 0. The SMILES string of the molecule is COCc1ccccc1-c1nc(C)c(I)c(Cl)n1. The topological polar surface area (TPSA) is 35.0 Å². The lowest BCUT2D eigenvalue weighted by atomic mass is 10.1. The highest BCUT2D eigenvalue weighted by atomic mass is 127. The van der Waals surface area contributed by atoms with Gasteiger partial charge in [-0.25, -0.2) is 9.97 Å². The van der Waals surface area contributed by atoms with Crippen molar-refractivity contribution >= 4 is 34.2 Å². The number of rotatable bonds is 3. The molecule has 1 aromatic heterocycles. The third-order valence-electron chi connectivity index (χ3n) is 2.53. The van der Waals surface area contributed by atoms with Crippen LogP contribution in [0.3, 0.4) is 0 Å². The van der Waals surface area contributed by atoms with Gasteiger partial charge >= 0.3 is 0 Å². The van der Waals surface area contributed by atoms with Crippen molar-refractivity contribution in [1.82, 2.24) is 9.97 Å². The van der Waals surface area contributed by atoms with E-state index < -0.39 is 0 Å². The molecule has 0 saturated carbocycles. The van der Waals surface area contributed by atoms with Crippen LogP contribution in [-0.4, -0.2) is 17.1 Å². The van der Waals surface area contributed by atoms with Crippen molar-refractivity contribution in [1.29, 1.82) is 0 Å². The summed E-state index contributed by atoms with van der Waals surface area (Å²) >= 11 is 8.26. The van der Waals surface area contributed by atoms with Crippen molar-refractivity contribution in [3.63, 3.8) is 0 Å². The Morgan fingerprint density at radius 2 is 2.00 bits per heavy atom. The Morgan fingerprint density at radius 3 is 2.67 bits per heavy atom. The normalized spacial score (nSPS) is 10.7. The van der Waals surface area contributed by atoms with Gasteiger partial charge in [0.1, 0.15) is 5.15 Å². The first-order chi connectivity index (χ1) is 8.63. The number of aryl methyl sites for hydroxylation is 1. The Balaban J connectivity index is 2.55. The molecule has 0 unspecified atom stereocenters. The molecule has 1 heterocycles. The van der Waals surface area contributed by atoms with Gasteiger partial charge in [0.2, 0.25) is 0 Å². The number of aromatic nitrogens is 2. The minimum Gasteiger partial charge on any atom is -0.380 e. The Labute approximate surface area is 125 Å². The van der Waals surface area contributed by atoms with Crippen LogP contribution in [0.25, 0.3) is 11.4 Å². The molecule has 0 fully saturated rings. The van der Waals surface area contributed by atoms with Gasteiger partial charge in [0.15, 0.2) is 5.82 Å². The van der Waals surface area contributed by atoms with Crippen LogP contribution in [0.1, 0.15) is 11.3 Å². The molecule has 0 N–H and O–H groups in total. The smallest absolute Gasteiger partial charge is 0.161 e. The number of nitrogens with zero attached hydrogens (tertiary/aromatic N) is 2. The van der Waals surface area contributed by atoms with Crippen molar-refractivity contribution in [2.45, 2.75) is 13.5 Å². The van der Waals surface area contributed by atoms with Crippen LogP contribution in [0.15, 0.2) is 24.3 Å². The molecular formula is C13H12ClIN2O. The van der Waals surface area contributed by atoms with Gasteiger partial charge in [0, 0.05) is 12.7 Å². The van der Waals surface area contributed by atoms with Gasteiger partial charge in [-0.2, -0.15) is 0 Å². The largest absolute Gasteiger partial charge is 0.380 e. The average Bonchev–Trinajstić information content (AvgIpc) is 2.36. The number of hydrogen-bond donors (Lipinski definition) is 0. The first-order valence-corrected chi connectivity index (χ1v) is 6.86. The molecule has 0 bridgehead atoms. The van der Waals surface area contributed by atoms with E-state index in [-0.39, 0.29) is 0 Å². The van der Waals surface area contributed by atoms with Crippen molar-refractivity contribution in [2.75, 3.05) is 7.11 Å². The molecule has 2 aromatic rings. The Kier molecular flexibility index (Phi) is 4.53. The fourth-order valence-electron chi connectivity index (χ4n) is 1.66. The summed E-state index contributed by atoms with van der Waals surface area (Å²) in [6.45, 7) is 2.46. The maximum Gasteiger partial charge on any atom is 0.161 e. The first-order valence-electron chi connectivity index (χ1n) is 5.40. The molecule has 0 radical (unpaired) electrons. The molecule has 2 rings (SSSR count).